The Morgan fingerprint density at radius 2 is 2.20 bits per heavy atom. The summed E-state index contributed by atoms with van der Waals surface area (Å²) in [5.41, 5.74) is 0.980. The van der Waals surface area contributed by atoms with Crippen molar-refractivity contribution in [1.29, 1.82) is 0 Å². The molecule has 3 aromatic rings. The first-order valence-electron chi connectivity index (χ1n) is 7.22. The molecule has 1 aromatic carbocycles. The number of anilines is 1. The summed E-state index contributed by atoms with van der Waals surface area (Å²) in [6.45, 7) is 0. The number of nitrogens with zero attached hydrogens (tertiary/aromatic N) is 4. The molecule has 0 atom stereocenters. The van der Waals surface area contributed by atoms with E-state index in [-0.39, 0.29) is 17.3 Å². The van der Waals surface area contributed by atoms with Gasteiger partial charge in [-0.3, -0.25) is 9.78 Å². The lowest BCUT2D eigenvalue weighted by Crippen LogP contribution is -2.15. The fourth-order valence-electron chi connectivity index (χ4n) is 2.09. The van der Waals surface area contributed by atoms with Crippen molar-refractivity contribution in [1.82, 2.24) is 19.7 Å². The van der Waals surface area contributed by atoms with Crippen molar-refractivity contribution in [2.24, 2.45) is 7.05 Å². The first-order valence-corrected chi connectivity index (χ1v) is 9.00. The van der Waals surface area contributed by atoms with Crippen LogP contribution < -0.4 is 5.32 Å². The van der Waals surface area contributed by atoms with Crippen LogP contribution in [0.4, 0.5) is 10.1 Å². The lowest BCUT2D eigenvalue weighted by Gasteiger charge is -2.07. The van der Waals surface area contributed by atoms with E-state index in [9.17, 15) is 9.18 Å². The van der Waals surface area contributed by atoms with Crippen LogP contribution in [0, 0.1) is 5.82 Å². The van der Waals surface area contributed by atoms with Crippen LogP contribution in [0.15, 0.2) is 52.4 Å². The molecule has 0 saturated heterocycles. The van der Waals surface area contributed by atoms with Gasteiger partial charge in [0.05, 0.1) is 11.4 Å². The summed E-state index contributed by atoms with van der Waals surface area (Å²) in [6.07, 6.45) is 3.38. The first kappa shape index (κ1) is 17.6. The molecule has 2 heterocycles. The van der Waals surface area contributed by atoms with Crippen molar-refractivity contribution in [2.45, 2.75) is 5.16 Å². The zero-order valence-corrected chi connectivity index (χ0v) is 15.5. The van der Waals surface area contributed by atoms with Crippen LogP contribution in [0.1, 0.15) is 0 Å². The van der Waals surface area contributed by atoms with Crippen LogP contribution in [0.5, 0.6) is 0 Å². The van der Waals surface area contributed by atoms with Gasteiger partial charge in [-0.1, -0.05) is 27.7 Å². The Balaban J connectivity index is 1.64. The molecule has 6 nitrogen and oxygen atoms in total. The number of amides is 1. The number of halogens is 2. The Morgan fingerprint density at radius 1 is 1.36 bits per heavy atom. The number of pyridine rings is 1. The predicted octanol–water partition coefficient (Wildman–Crippen LogP) is 3.51. The summed E-state index contributed by atoms with van der Waals surface area (Å²) in [7, 11) is 1.82. The standard InChI is InChI=1S/C16H13BrFN5OS/c1-23-15(10-3-2-6-19-8-10)21-22-16(23)25-9-14(24)20-13-5-4-11(17)7-12(13)18/h2-8H,9H2,1H3,(H,20,24). The molecular formula is C16H13BrFN5OS. The number of carbonyl (C=O) groups is 1. The normalized spacial score (nSPS) is 10.7. The molecule has 0 aliphatic rings. The second kappa shape index (κ2) is 7.75. The molecule has 2 aromatic heterocycles. The number of benzene rings is 1. The van der Waals surface area contributed by atoms with E-state index >= 15 is 0 Å². The molecule has 128 valence electrons. The molecule has 1 amide bonds. The van der Waals surface area contributed by atoms with Crippen LogP contribution in [-0.4, -0.2) is 31.4 Å². The van der Waals surface area contributed by atoms with Crippen LogP contribution >= 0.6 is 27.7 Å². The van der Waals surface area contributed by atoms with Gasteiger partial charge in [0, 0.05) is 29.5 Å². The lowest BCUT2D eigenvalue weighted by molar-refractivity contribution is -0.113. The van der Waals surface area contributed by atoms with Gasteiger partial charge >= 0.3 is 0 Å². The average Bonchev–Trinajstić information content (AvgIpc) is 2.97. The van der Waals surface area contributed by atoms with Crippen LogP contribution in [0.2, 0.25) is 0 Å². The number of thioether (sulfide) groups is 1. The van der Waals surface area contributed by atoms with Gasteiger partial charge in [0.15, 0.2) is 11.0 Å². The predicted molar refractivity (Wildman–Crippen MR) is 97.7 cm³/mol. The molecule has 0 fully saturated rings. The number of carbonyl (C=O) groups excluding carboxylic acids is 1. The molecule has 0 spiro atoms. The van der Waals surface area contributed by atoms with Crippen LogP contribution in [0.25, 0.3) is 11.4 Å². The maximum Gasteiger partial charge on any atom is 0.234 e. The summed E-state index contributed by atoms with van der Waals surface area (Å²) < 4.78 is 16.1. The van der Waals surface area contributed by atoms with Crippen molar-refractivity contribution in [2.75, 3.05) is 11.1 Å². The van der Waals surface area contributed by atoms with Gasteiger partial charge in [0.25, 0.3) is 0 Å². The first-order chi connectivity index (χ1) is 12.0. The van der Waals surface area contributed by atoms with Gasteiger partial charge in [0.2, 0.25) is 5.91 Å². The van der Waals surface area contributed by atoms with Gasteiger partial charge in [0.1, 0.15) is 5.82 Å². The minimum absolute atomic E-state index is 0.0918. The number of nitrogens with one attached hydrogen (secondary N) is 1. The quantitative estimate of drug-likeness (QED) is 0.638. The number of hydrogen-bond acceptors (Lipinski definition) is 5. The van der Waals surface area contributed by atoms with Crippen molar-refractivity contribution >= 4 is 39.3 Å². The van der Waals surface area contributed by atoms with E-state index < -0.39 is 5.82 Å². The molecule has 0 aliphatic carbocycles. The van der Waals surface area contributed by atoms with E-state index in [1.165, 1.54) is 23.9 Å². The highest BCUT2D eigenvalue weighted by Gasteiger charge is 2.14. The minimum atomic E-state index is -0.495. The maximum atomic E-state index is 13.7. The maximum absolute atomic E-state index is 13.7. The van der Waals surface area contributed by atoms with E-state index in [2.05, 4.69) is 36.4 Å². The van der Waals surface area contributed by atoms with Gasteiger partial charge in [-0.15, -0.1) is 10.2 Å². The van der Waals surface area contributed by atoms with E-state index in [4.69, 9.17) is 0 Å². The molecule has 0 aliphatic heterocycles. The molecule has 1 N–H and O–H groups in total. The van der Waals surface area contributed by atoms with E-state index in [0.29, 0.717) is 15.5 Å². The van der Waals surface area contributed by atoms with Crippen molar-refractivity contribution in [3.63, 3.8) is 0 Å². The topological polar surface area (TPSA) is 72.7 Å². The summed E-state index contributed by atoms with van der Waals surface area (Å²) in [5.74, 6) is -0.0634. The van der Waals surface area contributed by atoms with Crippen molar-refractivity contribution in [3.05, 3.63) is 53.0 Å². The Bertz CT molecular complexity index is 903. The van der Waals surface area contributed by atoms with Crippen LogP contribution in [0.3, 0.4) is 0 Å². The molecule has 9 heteroatoms. The van der Waals surface area contributed by atoms with E-state index in [1.54, 1.807) is 23.0 Å². The summed E-state index contributed by atoms with van der Waals surface area (Å²) in [5, 5.41) is 11.3. The largest absolute Gasteiger partial charge is 0.323 e. The van der Waals surface area contributed by atoms with Gasteiger partial charge in [-0.25, -0.2) is 4.39 Å². The highest BCUT2D eigenvalue weighted by molar-refractivity contribution is 9.10. The third-order valence-electron chi connectivity index (χ3n) is 3.29. The monoisotopic (exact) mass is 421 g/mol. The second-order valence-corrected chi connectivity index (χ2v) is 6.93. The zero-order chi connectivity index (χ0) is 17.8. The average molecular weight is 422 g/mol. The van der Waals surface area contributed by atoms with Crippen molar-refractivity contribution in [3.8, 4) is 11.4 Å². The summed E-state index contributed by atoms with van der Waals surface area (Å²) in [4.78, 5) is 16.1. The third-order valence-corrected chi connectivity index (χ3v) is 4.81. The lowest BCUT2D eigenvalue weighted by atomic mass is 10.3. The minimum Gasteiger partial charge on any atom is -0.323 e. The molecule has 0 saturated carbocycles. The third kappa shape index (κ3) is 4.23. The Morgan fingerprint density at radius 3 is 2.92 bits per heavy atom. The Labute approximate surface area is 156 Å². The van der Waals surface area contributed by atoms with Gasteiger partial charge in [-0.2, -0.15) is 0 Å². The SMILES string of the molecule is Cn1c(SCC(=O)Nc2ccc(Br)cc2F)nnc1-c1cccnc1. The van der Waals surface area contributed by atoms with Gasteiger partial charge in [-0.05, 0) is 30.3 Å². The highest BCUT2D eigenvalue weighted by Crippen LogP contribution is 2.23. The highest BCUT2D eigenvalue weighted by atomic mass is 79.9. The Kier molecular flexibility index (Phi) is 5.44. The molecule has 3 rings (SSSR count). The Hall–Kier alpha value is -2.26. The number of aromatic nitrogens is 4. The summed E-state index contributed by atoms with van der Waals surface area (Å²) in [6, 6.07) is 8.16. The summed E-state index contributed by atoms with van der Waals surface area (Å²) >= 11 is 4.40. The molecule has 0 bridgehead atoms. The molecule has 0 unspecified atom stereocenters. The second-order valence-electron chi connectivity index (χ2n) is 5.07. The van der Waals surface area contributed by atoms with Crippen LogP contribution in [-0.2, 0) is 11.8 Å². The number of rotatable bonds is 5. The van der Waals surface area contributed by atoms with E-state index in [1.807, 2.05) is 19.2 Å². The molecular weight excluding hydrogens is 409 g/mol. The fourth-order valence-corrected chi connectivity index (χ4v) is 3.14. The smallest absolute Gasteiger partial charge is 0.234 e. The number of hydrogen-bond donors (Lipinski definition) is 1. The van der Waals surface area contributed by atoms with E-state index in [0.717, 1.165) is 5.56 Å². The fraction of sp³-hybridized carbons (Fsp3) is 0.125. The van der Waals surface area contributed by atoms with Crippen molar-refractivity contribution < 1.29 is 9.18 Å². The molecule has 0 radical (unpaired) electrons. The zero-order valence-electron chi connectivity index (χ0n) is 13.1. The molecule has 25 heavy (non-hydrogen) atoms. The van der Waals surface area contributed by atoms with Gasteiger partial charge < -0.3 is 9.88 Å².